The van der Waals surface area contributed by atoms with E-state index in [0.29, 0.717) is 0 Å². The minimum Gasteiger partial charge on any atom is -0.480 e. The molecule has 9 nitrogen and oxygen atoms in total. The maximum Gasteiger partial charge on any atom is 0.407 e. The van der Waals surface area contributed by atoms with Crippen LogP contribution in [0.15, 0.2) is 48.5 Å². The van der Waals surface area contributed by atoms with Crippen LogP contribution in [0, 0.1) is 5.92 Å². The van der Waals surface area contributed by atoms with Crippen LogP contribution in [0.4, 0.5) is 4.79 Å². The summed E-state index contributed by atoms with van der Waals surface area (Å²) in [6.07, 6.45) is -0.733. The van der Waals surface area contributed by atoms with Crippen molar-refractivity contribution in [2.24, 2.45) is 5.92 Å². The van der Waals surface area contributed by atoms with Gasteiger partial charge in [0.25, 0.3) is 0 Å². The molecule has 2 atom stereocenters. The number of nitrogens with zero attached hydrogens (tertiary/aromatic N) is 1. The number of carboxylic acids is 1. The molecule has 35 heavy (non-hydrogen) atoms. The van der Waals surface area contributed by atoms with Crippen molar-refractivity contribution in [1.29, 1.82) is 0 Å². The highest BCUT2D eigenvalue weighted by molar-refractivity contribution is 5.91. The second-order valence-corrected chi connectivity index (χ2v) is 8.93. The van der Waals surface area contributed by atoms with Gasteiger partial charge in [0, 0.05) is 13.0 Å². The van der Waals surface area contributed by atoms with Crippen molar-refractivity contribution >= 4 is 23.9 Å². The Labute approximate surface area is 204 Å². The number of carboxylic acid groups (broad SMARTS) is 1. The Hall–Kier alpha value is -3.88. The summed E-state index contributed by atoms with van der Waals surface area (Å²) in [5.41, 5.74) is 4.39. The van der Waals surface area contributed by atoms with Crippen molar-refractivity contribution in [1.82, 2.24) is 15.5 Å². The molecule has 0 aromatic heterocycles. The van der Waals surface area contributed by atoms with Gasteiger partial charge in [0.2, 0.25) is 11.8 Å². The molecule has 1 aliphatic carbocycles. The number of benzene rings is 2. The molecular formula is C26H31N3O6. The van der Waals surface area contributed by atoms with Crippen LogP contribution < -0.4 is 10.6 Å². The first-order chi connectivity index (χ1) is 16.6. The molecule has 3 amide bonds. The van der Waals surface area contributed by atoms with Crippen molar-refractivity contribution in [2.45, 2.75) is 38.8 Å². The van der Waals surface area contributed by atoms with Gasteiger partial charge >= 0.3 is 12.1 Å². The molecule has 2 aromatic rings. The molecule has 0 heterocycles. The van der Waals surface area contributed by atoms with E-state index in [0.717, 1.165) is 27.2 Å². The number of carbonyl (C=O) groups is 4. The molecule has 1 aliphatic rings. The van der Waals surface area contributed by atoms with Crippen LogP contribution in [-0.4, -0.2) is 66.2 Å². The van der Waals surface area contributed by atoms with Gasteiger partial charge in [-0.3, -0.25) is 9.59 Å². The molecule has 186 valence electrons. The van der Waals surface area contributed by atoms with Crippen molar-refractivity contribution < 1.29 is 29.0 Å². The van der Waals surface area contributed by atoms with E-state index in [1.54, 1.807) is 13.8 Å². The minimum atomic E-state index is -1.15. The number of nitrogens with one attached hydrogen (secondary N) is 2. The highest BCUT2D eigenvalue weighted by Crippen LogP contribution is 2.44. The Morgan fingerprint density at radius 2 is 1.51 bits per heavy atom. The number of likely N-dealkylation sites (N-methyl/N-ethyl adjacent to an activating group) is 1. The third-order valence-corrected chi connectivity index (χ3v) is 6.31. The molecule has 0 saturated heterocycles. The van der Waals surface area contributed by atoms with Gasteiger partial charge in [-0.05, 0) is 35.1 Å². The van der Waals surface area contributed by atoms with Crippen LogP contribution in [0.3, 0.4) is 0 Å². The van der Waals surface area contributed by atoms with E-state index in [2.05, 4.69) is 10.6 Å². The third kappa shape index (κ3) is 5.79. The number of alkyl carbamates (subject to hydrolysis) is 1. The Balaban J connectivity index is 1.58. The number of ether oxygens (including phenoxy) is 1. The van der Waals surface area contributed by atoms with Gasteiger partial charge < -0.3 is 25.4 Å². The normalized spacial score (nSPS) is 13.9. The van der Waals surface area contributed by atoms with E-state index in [4.69, 9.17) is 9.84 Å². The van der Waals surface area contributed by atoms with Crippen molar-refractivity contribution in [3.63, 3.8) is 0 Å². The Kier molecular flexibility index (Phi) is 8.11. The van der Waals surface area contributed by atoms with E-state index >= 15 is 0 Å². The summed E-state index contributed by atoms with van der Waals surface area (Å²) in [6, 6.07) is 14.0. The average Bonchev–Trinajstić information content (AvgIpc) is 3.16. The van der Waals surface area contributed by atoms with Crippen LogP contribution in [0.2, 0.25) is 0 Å². The zero-order chi connectivity index (χ0) is 25.7. The Bertz CT molecular complexity index is 1070. The summed E-state index contributed by atoms with van der Waals surface area (Å²) in [4.78, 5) is 49.6. The highest BCUT2D eigenvalue weighted by atomic mass is 16.5. The number of fused-ring (bicyclic) bond motifs is 3. The molecule has 0 saturated carbocycles. The SMILES string of the molecule is CC(C)[C@H](NC(=O)OCC1c2ccccc2-c2ccccc21)C(=O)NCC(=O)N(C)[C@@H](C)C(=O)O. The Morgan fingerprint density at radius 1 is 0.971 bits per heavy atom. The fourth-order valence-corrected chi connectivity index (χ4v) is 4.08. The lowest BCUT2D eigenvalue weighted by Crippen LogP contribution is -2.52. The largest absolute Gasteiger partial charge is 0.480 e. The molecule has 3 rings (SSSR count). The first-order valence-corrected chi connectivity index (χ1v) is 11.5. The second kappa shape index (κ2) is 11.0. The van der Waals surface area contributed by atoms with E-state index < -0.39 is 36.0 Å². The molecule has 0 bridgehead atoms. The summed E-state index contributed by atoms with van der Waals surface area (Å²) in [7, 11) is 1.35. The first kappa shape index (κ1) is 25.7. The number of hydrogen-bond acceptors (Lipinski definition) is 5. The van der Waals surface area contributed by atoms with Gasteiger partial charge in [-0.1, -0.05) is 62.4 Å². The first-order valence-electron chi connectivity index (χ1n) is 11.5. The lowest BCUT2D eigenvalue weighted by atomic mass is 9.98. The van der Waals surface area contributed by atoms with Crippen LogP contribution >= 0.6 is 0 Å². The minimum absolute atomic E-state index is 0.108. The fourth-order valence-electron chi connectivity index (χ4n) is 4.08. The molecule has 2 aromatic carbocycles. The van der Waals surface area contributed by atoms with Crippen LogP contribution in [0.1, 0.15) is 37.8 Å². The van der Waals surface area contributed by atoms with E-state index in [1.165, 1.54) is 14.0 Å². The Morgan fingerprint density at radius 3 is 2.03 bits per heavy atom. The number of rotatable bonds is 9. The van der Waals surface area contributed by atoms with Gasteiger partial charge in [-0.2, -0.15) is 0 Å². The number of amides is 3. The fraction of sp³-hybridized carbons (Fsp3) is 0.385. The molecule has 0 spiro atoms. The van der Waals surface area contributed by atoms with E-state index in [-0.39, 0.29) is 25.0 Å². The average molecular weight is 482 g/mol. The second-order valence-electron chi connectivity index (χ2n) is 8.93. The number of hydrogen-bond donors (Lipinski definition) is 3. The molecule has 9 heteroatoms. The molecule has 0 radical (unpaired) electrons. The van der Waals surface area contributed by atoms with Crippen molar-refractivity contribution in [2.75, 3.05) is 20.2 Å². The zero-order valence-corrected chi connectivity index (χ0v) is 20.3. The lowest BCUT2D eigenvalue weighted by molar-refractivity contribution is -0.148. The van der Waals surface area contributed by atoms with E-state index in [1.807, 2.05) is 48.5 Å². The molecular weight excluding hydrogens is 450 g/mol. The summed E-state index contributed by atoms with van der Waals surface area (Å²) < 4.78 is 5.52. The van der Waals surface area contributed by atoms with Crippen molar-refractivity contribution in [3.8, 4) is 11.1 Å². The molecule has 3 N–H and O–H groups in total. The predicted octanol–water partition coefficient (Wildman–Crippen LogP) is 2.60. The molecule has 0 aliphatic heterocycles. The monoisotopic (exact) mass is 481 g/mol. The summed E-state index contributed by atoms with van der Waals surface area (Å²) in [5.74, 6) is -2.65. The van der Waals surface area contributed by atoms with Crippen LogP contribution in [-0.2, 0) is 19.1 Å². The van der Waals surface area contributed by atoms with Gasteiger partial charge in [0.15, 0.2) is 0 Å². The molecule has 0 fully saturated rings. The quantitative estimate of drug-likeness (QED) is 0.506. The van der Waals surface area contributed by atoms with Gasteiger partial charge in [0.1, 0.15) is 18.7 Å². The third-order valence-electron chi connectivity index (χ3n) is 6.31. The number of carbonyl (C=O) groups excluding carboxylic acids is 3. The summed E-state index contributed by atoms with van der Waals surface area (Å²) in [6.45, 7) is 4.62. The maximum absolute atomic E-state index is 12.7. The smallest absolute Gasteiger partial charge is 0.407 e. The van der Waals surface area contributed by atoms with Crippen LogP contribution in [0.25, 0.3) is 11.1 Å². The predicted molar refractivity (Wildman–Crippen MR) is 130 cm³/mol. The van der Waals surface area contributed by atoms with Gasteiger partial charge in [-0.15, -0.1) is 0 Å². The van der Waals surface area contributed by atoms with Crippen molar-refractivity contribution in [3.05, 3.63) is 59.7 Å². The molecule has 0 unspecified atom stereocenters. The van der Waals surface area contributed by atoms with Crippen LogP contribution in [0.5, 0.6) is 0 Å². The topological polar surface area (TPSA) is 125 Å². The summed E-state index contributed by atoms with van der Waals surface area (Å²) >= 11 is 0. The maximum atomic E-state index is 12.7. The lowest BCUT2D eigenvalue weighted by Gasteiger charge is -2.24. The highest BCUT2D eigenvalue weighted by Gasteiger charge is 2.31. The zero-order valence-electron chi connectivity index (χ0n) is 20.3. The van der Waals surface area contributed by atoms with Gasteiger partial charge in [0.05, 0.1) is 6.54 Å². The number of aliphatic carboxylic acids is 1. The summed E-state index contributed by atoms with van der Waals surface area (Å²) in [5, 5.41) is 14.1. The van der Waals surface area contributed by atoms with E-state index in [9.17, 15) is 19.2 Å². The standard InChI is InChI=1S/C26H31N3O6/c1-15(2)23(24(31)27-13-22(30)29(4)16(3)25(32)33)28-26(34)35-14-21-19-11-7-5-9-17(19)18-10-6-8-12-20(18)21/h5-12,15-16,21,23H,13-14H2,1-4H3,(H,27,31)(H,28,34)(H,32,33)/t16-,23-/m0/s1. The van der Waals surface area contributed by atoms with Gasteiger partial charge in [-0.25, -0.2) is 9.59 Å².